The number of aromatic nitrogens is 1. The van der Waals surface area contributed by atoms with E-state index in [9.17, 15) is 19.1 Å². The Morgan fingerprint density at radius 2 is 1.86 bits per heavy atom. The number of pyridine rings is 1. The molecule has 0 radical (unpaired) electrons. The van der Waals surface area contributed by atoms with E-state index in [0.29, 0.717) is 22.5 Å². The van der Waals surface area contributed by atoms with Crippen LogP contribution in [-0.2, 0) is 0 Å². The van der Waals surface area contributed by atoms with Gasteiger partial charge in [0.2, 0.25) is 0 Å². The molecule has 0 unspecified atom stereocenters. The summed E-state index contributed by atoms with van der Waals surface area (Å²) >= 11 is 0. The maximum atomic E-state index is 13.0. The lowest BCUT2D eigenvalue weighted by molar-refractivity contribution is 0.0693. The second kappa shape index (κ2) is 5.36. The minimum Gasteiger partial charge on any atom is -0.477 e. The highest BCUT2D eigenvalue weighted by Crippen LogP contribution is 2.20. The van der Waals surface area contributed by atoms with Gasteiger partial charge in [0.25, 0.3) is 5.56 Å². The standard InChI is InChI=1S/C16H14FNO3/c1-4-13-9(2)14(16(20)21)15(19)18(10(13)3)12-7-5-11(17)6-8-12/h4-8H,1H2,2-3H3,(H,20,21). The summed E-state index contributed by atoms with van der Waals surface area (Å²) in [5, 5.41) is 9.27. The van der Waals surface area contributed by atoms with Crippen LogP contribution in [0.5, 0.6) is 0 Å². The lowest BCUT2D eigenvalue weighted by Crippen LogP contribution is -2.29. The highest BCUT2D eigenvalue weighted by molar-refractivity contribution is 5.90. The third kappa shape index (κ3) is 2.38. The third-order valence-electron chi connectivity index (χ3n) is 3.42. The van der Waals surface area contributed by atoms with Crippen molar-refractivity contribution in [3.8, 4) is 5.69 Å². The van der Waals surface area contributed by atoms with Crippen LogP contribution in [-0.4, -0.2) is 15.6 Å². The van der Waals surface area contributed by atoms with E-state index in [1.165, 1.54) is 34.9 Å². The zero-order valence-corrected chi connectivity index (χ0v) is 11.7. The van der Waals surface area contributed by atoms with Gasteiger partial charge in [-0.2, -0.15) is 0 Å². The lowest BCUT2D eigenvalue weighted by Gasteiger charge is -2.16. The Balaban J connectivity index is 2.92. The van der Waals surface area contributed by atoms with Gasteiger partial charge in [-0.1, -0.05) is 12.7 Å². The summed E-state index contributed by atoms with van der Waals surface area (Å²) in [4.78, 5) is 23.8. The number of carbonyl (C=O) groups is 1. The van der Waals surface area contributed by atoms with Crippen LogP contribution in [0.3, 0.4) is 0 Å². The van der Waals surface area contributed by atoms with Crippen LogP contribution < -0.4 is 5.56 Å². The number of rotatable bonds is 3. The fraction of sp³-hybridized carbons (Fsp3) is 0.125. The highest BCUT2D eigenvalue weighted by Gasteiger charge is 2.20. The van der Waals surface area contributed by atoms with Crippen LogP contribution in [0.15, 0.2) is 35.6 Å². The molecule has 1 aromatic heterocycles. The zero-order valence-electron chi connectivity index (χ0n) is 11.7. The third-order valence-corrected chi connectivity index (χ3v) is 3.42. The van der Waals surface area contributed by atoms with E-state index in [2.05, 4.69) is 6.58 Å². The van der Waals surface area contributed by atoms with Gasteiger partial charge in [-0.15, -0.1) is 0 Å². The van der Waals surface area contributed by atoms with Crippen molar-refractivity contribution in [2.24, 2.45) is 0 Å². The Morgan fingerprint density at radius 3 is 2.33 bits per heavy atom. The number of nitrogens with zero attached hydrogens (tertiary/aromatic N) is 1. The molecule has 108 valence electrons. The highest BCUT2D eigenvalue weighted by atomic mass is 19.1. The minimum absolute atomic E-state index is 0.306. The number of hydrogen-bond donors (Lipinski definition) is 1. The molecule has 21 heavy (non-hydrogen) atoms. The fourth-order valence-electron chi connectivity index (χ4n) is 2.40. The summed E-state index contributed by atoms with van der Waals surface area (Å²) in [6, 6.07) is 5.29. The van der Waals surface area contributed by atoms with Gasteiger partial charge in [0.05, 0.1) is 0 Å². The maximum absolute atomic E-state index is 13.0. The quantitative estimate of drug-likeness (QED) is 0.944. The summed E-state index contributed by atoms with van der Waals surface area (Å²) in [6.45, 7) is 6.93. The van der Waals surface area contributed by atoms with E-state index in [4.69, 9.17) is 0 Å². The van der Waals surface area contributed by atoms with E-state index in [-0.39, 0.29) is 5.56 Å². The van der Waals surface area contributed by atoms with Crippen LogP contribution in [0.2, 0.25) is 0 Å². The molecular weight excluding hydrogens is 273 g/mol. The van der Waals surface area contributed by atoms with Crippen molar-refractivity contribution in [2.45, 2.75) is 13.8 Å². The van der Waals surface area contributed by atoms with E-state index < -0.39 is 17.3 Å². The second-order valence-corrected chi connectivity index (χ2v) is 4.63. The van der Waals surface area contributed by atoms with E-state index in [1.54, 1.807) is 13.8 Å². The molecule has 0 spiro atoms. The fourth-order valence-corrected chi connectivity index (χ4v) is 2.40. The van der Waals surface area contributed by atoms with Crippen LogP contribution in [0.25, 0.3) is 11.8 Å². The number of aromatic carboxylic acids is 1. The molecule has 0 aliphatic rings. The molecule has 5 heteroatoms. The van der Waals surface area contributed by atoms with Gasteiger partial charge >= 0.3 is 5.97 Å². The predicted molar refractivity (Wildman–Crippen MR) is 78.5 cm³/mol. The monoisotopic (exact) mass is 287 g/mol. The first kappa shape index (κ1) is 14.7. The molecule has 1 N–H and O–H groups in total. The summed E-state index contributed by atoms with van der Waals surface area (Å²) in [7, 11) is 0. The zero-order chi connectivity index (χ0) is 15.7. The molecule has 0 atom stereocenters. The normalized spacial score (nSPS) is 10.4. The van der Waals surface area contributed by atoms with Crippen molar-refractivity contribution in [3.05, 3.63) is 69.4 Å². The molecule has 2 aromatic rings. The Hall–Kier alpha value is -2.69. The molecule has 0 saturated carbocycles. The van der Waals surface area contributed by atoms with Crippen LogP contribution in [0.1, 0.15) is 27.2 Å². The van der Waals surface area contributed by atoms with Crippen molar-refractivity contribution in [1.29, 1.82) is 0 Å². The van der Waals surface area contributed by atoms with Crippen LogP contribution >= 0.6 is 0 Å². The SMILES string of the molecule is C=Cc1c(C)c(C(=O)O)c(=O)n(-c2ccc(F)cc2)c1C. The molecule has 0 aliphatic heterocycles. The molecule has 0 saturated heterocycles. The molecule has 1 heterocycles. The molecule has 0 amide bonds. The van der Waals surface area contributed by atoms with Gasteiger partial charge in [-0.25, -0.2) is 9.18 Å². The summed E-state index contributed by atoms with van der Waals surface area (Å²) in [5.74, 6) is -1.73. The largest absolute Gasteiger partial charge is 0.477 e. The van der Waals surface area contributed by atoms with Crippen LogP contribution in [0.4, 0.5) is 4.39 Å². The molecule has 4 nitrogen and oxygen atoms in total. The number of benzene rings is 1. The molecule has 2 rings (SSSR count). The van der Waals surface area contributed by atoms with Gasteiger partial charge in [0, 0.05) is 11.4 Å². The minimum atomic E-state index is -1.29. The van der Waals surface area contributed by atoms with E-state index in [0.717, 1.165) is 0 Å². The average molecular weight is 287 g/mol. The predicted octanol–water partition coefficient (Wildman–Crippen LogP) is 2.93. The number of hydrogen-bond acceptors (Lipinski definition) is 2. The Labute approximate surface area is 120 Å². The van der Waals surface area contributed by atoms with E-state index in [1.807, 2.05) is 0 Å². The summed E-state index contributed by atoms with van der Waals surface area (Å²) < 4.78 is 14.3. The molecule has 0 bridgehead atoms. The van der Waals surface area contributed by atoms with Gasteiger partial charge in [-0.05, 0) is 49.2 Å². The molecular formula is C16H14FNO3. The Morgan fingerprint density at radius 1 is 1.29 bits per heavy atom. The maximum Gasteiger partial charge on any atom is 0.341 e. The average Bonchev–Trinajstić information content (AvgIpc) is 2.41. The van der Waals surface area contributed by atoms with Gasteiger partial charge in [0.1, 0.15) is 11.4 Å². The first-order valence-electron chi connectivity index (χ1n) is 6.26. The smallest absolute Gasteiger partial charge is 0.341 e. The topological polar surface area (TPSA) is 59.3 Å². The van der Waals surface area contributed by atoms with Gasteiger partial charge in [-0.3, -0.25) is 9.36 Å². The van der Waals surface area contributed by atoms with E-state index >= 15 is 0 Å². The summed E-state index contributed by atoms with van der Waals surface area (Å²) in [6.07, 6.45) is 1.51. The first-order chi connectivity index (χ1) is 9.88. The lowest BCUT2D eigenvalue weighted by atomic mass is 10.0. The van der Waals surface area contributed by atoms with Crippen LogP contribution in [0, 0.1) is 19.7 Å². The Kier molecular flexibility index (Phi) is 3.76. The van der Waals surface area contributed by atoms with Crippen molar-refractivity contribution < 1.29 is 14.3 Å². The number of carboxylic acid groups (broad SMARTS) is 1. The van der Waals surface area contributed by atoms with Gasteiger partial charge < -0.3 is 5.11 Å². The number of carboxylic acids is 1. The van der Waals surface area contributed by atoms with Crippen molar-refractivity contribution in [1.82, 2.24) is 4.57 Å². The van der Waals surface area contributed by atoms with Gasteiger partial charge in [0.15, 0.2) is 0 Å². The first-order valence-corrected chi connectivity index (χ1v) is 6.26. The molecule has 1 aromatic carbocycles. The van der Waals surface area contributed by atoms with Crippen molar-refractivity contribution >= 4 is 12.0 Å². The second-order valence-electron chi connectivity index (χ2n) is 4.63. The van der Waals surface area contributed by atoms with Crippen molar-refractivity contribution in [3.63, 3.8) is 0 Å². The van der Waals surface area contributed by atoms with Crippen molar-refractivity contribution in [2.75, 3.05) is 0 Å². The molecule has 0 aliphatic carbocycles. The summed E-state index contributed by atoms with van der Waals surface area (Å²) in [5.41, 5.74) is 0.970. The molecule has 0 fully saturated rings. The number of halogens is 1. The Bertz CT molecular complexity index is 789.